The van der Waals surface area contributed by atoms with Crippen molar-refractivity contribution < 1.29 is 0 Å². The van der Waals surface area contributed by atoms with Gasteiger partial charge in [-0.15, -0.1) is 18.2 Å². The van der Waals surface area contributed by atoms with Gasteiger partial charge in [0.25, 0.3) is 0 Å². The van der Waals surface area contributed by atoms with E-state index in [9.17, 15) is 0 Å². The number of nitrogens with zero attached hydrogens (tertiary/aromatic N) is 1. The summed E-state index contributed by atoms with van der Waals surface area (Å²) >= 11 is 0. The fraction of sp³-hybridized carbons (Fsp3) is 0.750. The zero-order valence-electron chi connectivity index (χ0n) is 5.81. The van der Waals surface area contributed by atoms with Gasteiger partial charge >= 0.3 is 0 Å². The van der Waals surface area contributed by atoms with E-state index in [4.69, 9.17) is 0 Å². The van der Waals surface area contributed by atoms with E-state index in [2.05, 4.69) is 28.5 Å². The third kappa shape index (κ3) is 2.09. The zero-order valence-corrected chi connectivity index (χ0v) is 10.1. The second-order valence-corrected chi connectivity index (χ2v) is 6.96. The Balaban J connectivity index is 2.57. The first-order chi connectivity index (χ1) is 4.70. The molecule has 10 heavy (non-hydrogen) atoms. The molecule has 0 aromatic carbocycles. The normalized spacial score (nSPS) is 40.1. The van der Waals surface area contributed by atoms with E-state index in [1.165, 1.54) is 11.7 Å². The monoisotopic (exact) mass is 212 g/mol. The highest BCUT2D eigenvalue weighted by molar-refractivity contribution is 8.06. The van der Waals surface area contributed by atoms with Crippen LogP contribution in [0.15, 0.2) is 4.99 Å². The molecule has 0 aromatic heterocycles. The standard InChI is InChI=1S/C4H12N2P4/c1-5-3-6-4(7,10-8)2-9-3/h9-10H,2,7-8H2,1H3,(H,5,6)/t4-/m1/s1. The van der Waals surface area contributed by atoms with Crippen molar-refractivity contribution in [2.75, 3.05) is 13.2 Å². The number of hydrogen-bond donors (Lipinski definition) is 1. The Kier molecular flexibility index (Phi) is 3.46. The maximum absolute atomic E-state index is 4.13. The highest BCUT2D eigenvalue weighted by atomic mass is 32.0. The van der Waals surface area contributed by atoms with Crippen LogP contribution < -0.4 is 5.32 Å². The Morgan fingerprint density at radius 2 is 2.60 bits per heavy atom. The maximum atomic E-state index is 4.13. The van der Waals surface area contributed by atoms with Crippen LogP contribution in [-0.4, -0.2) is 23.8 Å². The summed E-state index contributed by atoms with van der Waals surface area (Å²) in [6.45, 7) is 0. The van der Waals surface area contributed by atoms with E-state index in [0.717, 1.165) is 16.9 Å². The van der Waals surface area contributed by atoms with Crippen LogP contribution in [0.2, 0.25) is 0 Å². The van der Waals surface area contributed by atoms with Gasteiger partial charge in [-0.2, -0.15) is 0 Å². The molecule has 0 amide bonds. The maximum Gasteiger partial charge on any atom is 0.117 e. The fourth-order valence-electron chi connectivity index (χ4n) is 0.745. The third-order valence-corrected chi connectivity index (χ3v) is 7.75. The smallest absolute Gasteiger partial charge is 0.117 e. The molecule has 1 aliphatic heterocycles. The Morgan fingerprint density at radius 1 is 1.90 bits per heavy atom. The summed E-state index contributed by atoms with van der Waals surface area (Å²) in [7, 11) is 9.21. The summed E-state index contributed by atoms with van der Waals surface area (Å²) in [4.78, 5) is 4.13. The van der Waals surface area contributed by atoms with Gasteiger partial charge < -0.3 is 5.32 Å². The molecule has 1 heterocycles. The number of amidine groups is 1. The van der Waals surface area contributed by atoms with Crippen LogP contribution in [-0.2, 0) is 0 Å². The minimum absolute atomic E-state index is 0.248. The van der Waals surface area contributed by atoms with E-state index in [0.29, 0.717) is 0 Å². The molecule has 1 fully saturated rings. The summed E-state index contributed by atoms with van der Waals surface area (Å²) < 4.78 is 0. The molecule has 2 nitrogen and oxygen atoms in total. The van der Waals surface area contributed by atoms with Crippen LogP contribution in [0, 0.1) is 0 Å². The topological polar surface area (TPSA) is 24.4 Å². The molecule has 5 atom stereocenters. The van der Waals surface area contributed by atoms with Crippen LogP contribution in [0.4, 0.5) is 0 Å². The number of aliphatic imine (C=N–C) groups is 1. The van der Waals surface area contributed by atoms with Gasteiger partial charge in [0.05, 0.1) is 5.02 Å². The van der Waals surface area contributed by atoms with Crippen molar-refractivity contribution in [1.82, 2.24) is 5.32 Å². The highest BCUT2D eigenvalue weighted by Gasteiger charge is 2.29. The van der Waals surface area contributed by atoms with Gasteiger partial charge in [0.15, 0.2) is 0 Å². The number of nitrogens with one attached hydrogen (secondary N) is 1. The second-order valence-electron chi connectivity index (χ2n) is 2.17. The molecule has 1 aliphatic rings. The molecule has 0 radical (unpaired) electrons. The van der Waals surface area contributed by atoms with Crippen molar-refractivity contribution >= 4 is 40.6 Å². The molecule has 0 bridgehead atoms. The minimum atomic E-state index is 0.248. The second kappa shape index (κ2) is 3.73. The van der Waals surface area contributed by atoms with Crippen molar-refractivity contribution in [3.8, 4) is 0 Å². The molecule has 1 N–H and O–H groups in total. The lowest BCUT2D eigenvalue weighted by Crippen LogP contribution is -2.31. The number of rotatable bonds is 1. The first kappa shape index (κ1) is 9.28. The van der Waals surface area contributed by atoms with Crippen molar-refractivity contribution in [3.05, 3.63) is 0 Å². The SMILES string of the molecule is CN=C1N[C@](P)(PP)CP1. The summed E-state index contributed by atoms with van der Waals surface area (Å²) in [6.07, 6.45) is 1.21. The van der Waals surface area contributed by atoms with Crippen LogP contribution in [0.3, 0.4) is 0 Å². The first-order valence-corrected chi connectivity index (χ1v) is 7.55. The van der Waals surface area contributed by atoms with E-state index in [1.807, 2.05) is 7.05 Å². The predicted octanol–water partition coefficient (Wildman–Crippen LogP) is 1.25. The van der Waals surface area contributed by atoms with Crippen molar-refractivity contribution in [2.24, 2.45) is 4.99 Å². The van der Waals surface area contributed by atoms with Gasteiger partial charge in [-0.3, -0.25) is 4.99 Å². The van der Waals surface area contributed by atoms with Gasteiger partial charge in [0.1, 0.15) is 5.58 Å². The molecular formula is C4H12N2P4. The van der Waals surface area contributed by atoms with Gasteiger partial charge in [-0.05, 0) is 8.58 Å². The zero-order chi connectivity index (χ0) is 7.61. The average Bonchev–Trinajstić information content (AvgIpc) is 2.33. The highest BCUT2D eigenvalue weighted by Crippen LogP contribution is 2.48. The number of hydrogen-bond acceptors (Lipinski definition) is 1. The molecule has 6 heteroatoms. The quantitative estimate of drug-likeness (QED) is 0.650. The first-order valence-electron chi connectivity index (χ1n) is 2.96. The summed E-state index contributed by atoms with van der Waals surface area (Å²) in [5.74, 6) is 0. The van der Waals surface area contributed by atoms with Gasteiger partial charge in [0.2, 0.25) is 0 Å². The lowest BCUT2D eigenvalue weighted by Gasteiger charge is -2.20. The van der Waals surface area contributed by atoms with Crippen LogP contribution >= 0.6 is 35.0 Å². The Bertz CT molecular complexity index is 159. The summed E-state index contributed by atoms with van der Waals surface area (Å²) in [6, 6.07) is 0. The van der Waals surface area contributed by atoms with E-state index in [1.54, 1.807) is 0 Å². The Labute approximate surface area is 69.7 Å². The van der Waals surface area contributed by atoms with Crippen LogP contribution in [0.5, 0.6) is 0 Å². The molecule has 0 aromatic rings. The molecule has 0 spiro atoms. The van der Waals surface area contributed by atoms with Gasteiger partial charge in [-0.25, -0.2) is 0 Å². The molecule has 58 valence electrons. The Hall–Kier alpha value is 1.19. The van der Waals surface area contributed by atoms with Crippen molar-refractivity contribution in [2.45, 2.75) is 5.02 Å². The predicted molar refractivity (Wildman–Crippen MR) is 60.1 cm³/mol. The minimum Gasteiger partial charge on any atom is -0.358 e. The molecule has 1 saturated heterocycles. The Morgan fingerprint density at radius 3 is 2.90 bits per heavy atom. The van der Waals surface area contributed by atoms with E-state index >= 15 is 0 Å². The largest absolute Gasteiger partial charge is 0.358 e. The lowest BCUT2D eigenvalue weighted by molar-refractivity contribution is 0.875. The van der Waals surface area contributed by atoms with Gasteiger partial charge in [-0.1, -0.05) is 8.27 Å². The average molecular weight is 212 g/mol. The molecular weight excluding hydrogens is 200 g/mol. The molecule has 1 rings (SSSR count). The lowest BCUT2D eigenvalue weighted by atomic mass is 10.7. The van der Waals surface area contributed by atoms with Crippen molar-refractivity contribution in [1.29, 1.82) is 0 Å². The molecule has 0 saturated carbocycles. The fourth-order valence-corrected chi connectivity index (χ4v) is 4.46. The van der Waals surface area contributed by atoms with Gasteiger partial charge in [0, 0.05) is 13.2 Å². The van der Waals surface area contributed by atoms with Crippen molar-refractivity contribution in [3.63, 3.8) is 0 Å². The third-order valence-electron chi connectivity index (χ3n) is 1.36. The summed E-state index contributed by atoms with van der Waals surface area (Å²) in [5.41, 5.74) is 1.17. The molecule has 0 aliphatic carbocycles. The van der Waals surface area contributed by atoms with Crippen LogP contribution in [0.1, 0.15) is 0 Å². The van der Waals surface area contributed by atoms with E-state index < -0.39 is 0 Å². The van der Waals surface area contributed by atoms with E-state index in [-0.39, 0.29) is 5.02 Å². The van der Waals surface area contributed by atoms with Crippen LogP contribution in [0.25, 0.3) is 0 Å². The molecule has 4 unspecified atom stereocenters. The summed E-state index contributed by atoms with van der Waals surface area (Å²) in [5, 5.41) is 3.63.